The van der Waals surface area contributed by atoms with Crippen LogP contribution in [0.5, 0.6) is 0 Å². The lowest BCUT2D eigenvalue weighted by Crippen LogP contribution is -2.58. The molecule has 34 heavy (non-hydrogen) atoms. The minimum atomic E-state index is -1.91. The van der Waals surface area contributed by atoms with Crippen molar-refractivity contribution in [2.45, 2.75) is 56.3 Å². The molecule has 4 amide bonds. The number of carboxylic acid groups (broad SMARTS) is 4. The number of aliphatic carboxylic acids is 4. The minimum Gasteiger partial charge on any atom is -0.481 e. The topological polar surface area (TPSA) is 306 Å². The van der Waals surface area contributed by atoms with Crippen molar-refractivity contribution in [3.63, 3.8) is 0 Å². The SMILES string of the molecule is NC(=O)CC(NC(=O)C(N)CC(=O)O)C(=O)NC(CC(=O)O)C(=O)NC(CCC(=O)O)C(=O)O. The number of nitrogens with two attached hydrogens (primary N) is 2. The number of amides is 4. The van der Waals surface area contributed by atoms with Crippen LogP contribution in [0, 0.1) is 0 Å². The number of hydrogen-bond acceptors (Lipinski definition) is 9. The van der Waals surface area contributed by atoms with E-state index in [0.717, 1.165) is 0 Å². The Labute approximate surface area is 190 Å². The minimum absolute atomic E-state index is 0.550. The van der Waals surface area contributed by atoms with E-state index in [-0.39, 0.29) is 0 Å². The largest absolute Gasteiger partial charge is 0.481 e. The van der Waals surface area contributed by atoms with Crippen LogP contribution < -0.4 is 27.4 Å². The van der Waals surface area contributed by atoms with Crippen molar-refractivity contribution >= 4 is 47.5 Å². The fraction of sp³-hybridized carbons (Fsp3) is 0.529. The van der Waals surface area contributed by atoms with Crippen LogP contribution >= 0.6 is 0 Å². The van der Waals surface area contributed by atoms with E-state index in [9.17, 15) is 38.4 Å². The van der Waals surface area contributed by atoms with E-state index in [1.165, 1.54) is 0 Å². The third-order valence-electron chi connectivity index (χ3n) is 4.04. The van der Waals surface area contributed by atoms with Gasteiger partial charge in [-0.05, 0) is 6.42 Å². The first-order valence-corrected chi connectivity index (χ1v) is 9.47. The summed E-state index contributed by atoms with van der Waals surface area (Å²) < 4.78 is 0. The number of hydrogen-bond donors (Lipinski definition) is 9. The van der Waals surface area contributed by atoms with Gasteiger partial charge in [-0.15, -0.1) is 0 Å². The van der Waals surface area contributed by atoms with E-state index < -0.39 is 104 Å². The Balaban J connectivity index is 5.56. The van der Waals surface area contributed by atoms with Gasteiger partial charge in [0, 0.05) is 6.42 Å². The summed E-state index contributed by atoms with van der Waals surface area (Å²) in [7, 11) is 0. The molecule has 4 unspecified atom stereocenters. The molecule has 11 N–H and O–H groups in total. The van der Waals surface area contributed by atoms with Gasteiger partial charge in [-0.2, -0.15) is 0 Å². The maximum Gasteiger partial charge on any atom is 0.326 e. The van der Waals surface area contributed by atoms with Crippen molar-refractivity contribution < 1.29 is 58.8 Å². The summed E-state index contributed by atoms with van der Waals surface area (Å²) in [4.78, 5) is 91.9. The maximum absolute atomic E-state index is 12.5. The van der Waals surface area contributed by atoms with Gasteiger partial charge in [0.15, 0.2) is 0 Å². The second-order valence-electron chi connectivity index (χ2n) is 6.93. The Morgan fingerprint density at radius 3 is 1.47 bits per heavy atom. The average Bonchev–Trinajstić information content (AvgIpc) is 2.68. The van der Waals surface area contributed by atoms with E-state index in [2.05, 4.69) is 0 Å². The smallest absolute Gasteiger partial charge is 0.326 e. The lowest BCUT2D eigenvalue weighted by Gasteiger charge is -2.23. The second-order valence-corrected chi connectivity index (χ2v) is 6.93. The zero-order valence-electron chi connectivity index (χ0n) is 17.6. The zero-order chi connectivity index (χ0) is 26.6. The van der Waals surface area contributed by atoms with Gasteiger partial charge in [0.05, 0.1) is 25.3 Å². The molecule has 0 aliphatic carbocycles. The average molecular weight is 491 g/mol. The number of carbonyl (C=O) groups is 8. The Kier molecular flexibility index (Phi) is 12.2. The molecular formula is C17H25N5O12. The van der Waals surface area contributed by atoms with Crippen LogP contribution in [0.3, 0.4) is 0 Å². The molecule has 0 aliphatic rings. The molecule has 0 rings (SSSR count). The summed E-state index contributed by atoms with van der Waals surface area (Å²) in [6.45, 7) is 0. The fourth-order valence-electron chi connectivity index (χ4n) is 2.42. The van der Waals surface area contributed by atoms with Crippen LogP contribution in [0.25, 0.3) is 0 Å². The number of rotatable bonds is 16. The van der Waals surface area contributed by atoms with E-state index in [4.69, 9.17) is 31.9 Å². The summed E-state index contributed by atoms with van der Waals surface area (Å²) in [6.07, 6.45) is -3.91. The molecule has 0 bridgehead atoms. The molecule has 17 nitrogen and oxygen atoms in total. The predicted octanol–water partition coefficient (Wildman–Crippen LogP) is -4.46. The van der Waals surface area contributed by atoms with Gasteiger partial charge in [-0.3, -0.25) is 33.6 Å². The molecule has 190 valence electrons. The molecule has 0 aromatic carbocycles. The third kappa shape index (κ3) is 11.9. The molecule has 0 heterocycles. The Bertz CT molecular complexity index is 845. The molecule has 17 heteroatoms. The van der Waals surface area contributed by atoms with E-state index >= 15 is 0 Å². The lowest BCUT2D eigenvalue weighted by molar-refractivity contribution is -0.144. The highest BCUT2D eigenvalue weighted by Crippen LogP contribution is 2.03. The molecule has 0 aromatic rings. The standard InChI is InChI=1S/C17H25N5O12/c18-6(3-12(26)27)14(30)21-8(4-10(19)23)15(31)22-9(5-13(28)29)16(32)20-7(17(33)34)1-2-11(24)25/h6-9H,1-5,18H2,(H2,19,23)(H,20,32)(H,21,30)(H,22,31)(H,24,25)(H,26,27)(H,28,29)(H,33,34). The predicted molar refractivity (Wildman–Crippen MR) is 107 cm³/mol. The van der Waals surface area contributed by atoms with Gasteiger partial charge in [0.25, 0.3) is 0 Å². The fourth-order valence-corrected chi connectivity index (χ4v) is 2.42. The highest BCUT2D eigenvalue weighted by Gasteiger charge is 2.32. The molecule has 0 saturated heterocycles. The maximum atomic E-state index is 12.5. The van der Waals surface area contributed by atoms with Crippen molar-refractivity contribution in [2.24, 2.45) is 11.5 Å². The Hall–Kier alpha value is -4.28. The first kappa shape index (κ1) is 29.7. The van der Waals surface area contributed by atoms with Crippen LogP contribution in [-0.2, 0) is 38.4 Å². The summed E-state index contributed by atoms with van der Waals surface area (Å²) in [6, 6.07) is -7.04. The zero-order valence-corrected chi connectivity index (χ0v) is 17.6. The molecule has 0 aromatic heterocycles. The monoisotopic (exact) mass is 491 g/mol. The molecule has 4 atom stereocenters. The summed E-state index contributed by atoms with van der Waals surface area (Å²) >= 11 is 0. The first-order chi connectivity index (χ1) is 15.6. The van der Waals surface area contributed by atoms with Crippen molar-refractivity contribution in [1.82, 2.24) is 16.0 Å². The van der Waals surface area contributed by atoms with Crippen molar-refractivity contribution in [3.05, 3.63) is 0 Å². The van der Waals surface area contributed by atoms with E-state index in [1.54, 1.807) is 0 Å². The first-order valence-electron chi connectivity index (χ1n) is 9.47. The van der Waals surface area contributed by atoms with Gasteiger partial charge in [0.2, 0.25) is 23.6 Å². The number of carboxylic acids is 4. The lowest BCUT2D eigenvalue weighted by atomic mass is 10.1. The van der Waals surface area contributed by atoms with Crippen LogP contribution in [0.4, 0.5) is 0 Å². The van der Waals surface area contributed by atoms with Crippen molar-refractivity contribution in [2.75, 3.05) is 0 Å². The van der Waals surface area contributed by atoms with Crippen molar-refractivity contribution in [1.29, 1.82) is 0 Å². The summed E-state index contributed by atoms with van der Waals surface area (Å²) in [5.74, 6) is -10.9. The quantitative estimate of drug-likeness (QED) is 0.0984. The molecule has 0 saturated carbocycles. The van der Waals surface area contributed by atoms with Crippen LogP contribution in [-0.4, -0.2) is 92.1 Å². The summed E-state index contributed by atoms with van der Waals surface area (Å²) in [5.41, 5.74) is 10.4. The number of carbonyl (C=O) groups excluding carboxylic acids is 4. The highest BCUT2D eigenvalue weighted by atomic mass is 16.4. The van der Waals surface area contributed by atoms with Gasteiger partial charge in [0.1, 0.15) is 18.1 Å². The molecule has 0 radical (unpaired) electrons. The van der Waals surface area contributed by atoms with E-state index in [1.807, 2.05) is 16.0 Å². The van der Waals surface area contributed by atoms with Gasteiger partial charge in [-0.25, -0.2) is 4.79 Å². The number of nitrogens with one attached hydrogen (secondary N) is 3. The van der Waals surface area contributed by atoms with Gasteiger partial charge < -0.3 is 47.8 Å². The number of primary amides is 1. The van der Waals surface area contributed by atoms with Gasteiger partial charge in [-0.1, -0.05) is 0 Å². The second kappa shape index (κ2) is 14.0. The molecule has 0 fully saturated rings. The molecular weight excluding hydrogens is 466 g/mol. The van der Waals surface area contributed by atoms with Gasteiger partial charge >= 0.3 is 23.9 Å². The third-order valence-corrected chi connectivity index (χ3v) is 4.04. The van der Waals surface area contributed by atoms with Crippen LogP contribution in [0.15, 0.2) is 0 Å². The molecule has 0 aliphatic heterocycles. The Morgan fingerprint density at radius 2 is 1.06 bits per heavy atom. The van der Waals surface area contributed by atoms with E-state index in [0.29, 0.717) is 0 Å². The Morgan fingerprint density at radius 1 is 0.618 bits per heavy atom. The van der Waals surface area contributed by atoms with Crippen molar-refractivity contribution in [3.8, 4) is 0 Å². The van der Waals surface area contributed by atoms with Crippen LogP contribution in [0.2, 0.25) is 0 Å². The normalized spacial score (nSPS) is 13.9. The highest BCUT2D eigenvalue weighted by molar-refractivity contribution is 5.97. The van der Waals surface area contributed by atoms with Crippen LogP contribution in [0.1, 0.15) is 32.1 Å². The summed E-state index contributed by atoms with van der Waals surface area (Å²) in [5, 5.41) is 41.3. The molecule has 0 spiro atoms.